The van der Waals surface area contributed by atoms with Crippen molar-refractivity contribution in [1.82, 2.24) is 29.1 Å². The fourth-order valence-electron chi connectivity index (χ4n) is 4.52. The lowest BCUT2D eigenvalue weighted by Gasteiger charge is -2.33. The number of rotatable bonds is 4. The molecule has 1 fully saturated rings. The number of hydrogen-bond acceptors (Lipinski definition) is 7. The van der Waals surface area contributed by atoms with Gasteiger partial charge in [-0.25, -0.2) is 14.5 Å². The van der Waals surface area contributed by atoms with E-state index in [1.54, 1.807) is 28.9 Å². The van der Waals surface area contributed by atoms with Crippen LogP contribution in [0.3, 0.4) is 0 Å². The molecule has 34 heavy (non-hydrogen) atoms. The number of halogens is 3. The molecule has 0 unspecified atom stereocenters. The minimum absolute atomic E-state index is 0.133. The first-order valence-electron chi connectivity index (χ1n) is 11.0. The molecule has 1 aliphatic carbocycles. The maximum absolute atomic E-state index is 13.1. The van der Waals surface area contributed by atoms with Gasteiger partial charge in [0, 0.05) is 17.8 Å². The molecule has 0 bridgehead atoms. The van der Waals surface area contributed by atoms with Crippen LogP contribution in [0.2, 0.25) is 0 Å². The third-order valence-corrected chi connectivity index (χ3v) is 6.33. The van der Waals surface area contributed by atoms with Gasteiger partial charge in [-0.2, -0.15) is 18.2 Å². The number of alkyl halides is 3. The summed E-state index contributed by atoms with van der Waals surface area (Å²) in [7, 11) is 0. The number of nitrogens with two attached hydrogens (primary N) is 1. The Morgan fingerprint density at radius 2 is 1.91 bits per heavy atom. The molecular formula is C22H25F3N8O. The zero-order valence-electron chi connectivity index (χ0n) is 18.8. The normalized spacial score (nSPS) is 21.4. The molecule has 180 valence electrons. The number of aliphatic hydroxyl groups is 1. The number of nitrogen functional groups attached to an aromatic ring is 1. The summed E-state index contributed by atoms with van der Waals surface area (Å²) in [5.41, 5.74) is 7.74. The Morgan fingerprint density at radius 3 is 2.62 bits per heavy atom. The zero-order valence-corrected chi connectivity index (χ0v) is 18.8. The van der Waals surface area contributed by atoms with E-state index in [1.807, 2.05) is 6.92 Å². The van der Waals surface area contributed by atoms with Crippen molar-refractivity contribution in [3.05, 3.63) is 30.2 Å². The van der Waals surface area contributed by atoms with Gasteiger partial charge in [-0.15, -0.1) is 5.10 Å². The highest BCUT2D eigenvalue weighted by Gasteiger charge is 2.31. The van der Waals surface area contributed by atoms with Crippen molar-refractivity contribution in [2.45, 2.75) is 63.9 Å². The second-order valence-corrected chi connectivity index (χ2v) is 9.16. The van der Waals surface area contributed by atoms with Gasteiger partial charge in [0.05, 0.1) is 11.3 Å². The summed E-state index contributed by atoms with van der Waals surface area (Å²) in [5, 5.41) is 17.9. The Kier molecular flexibility index (Phi) is 5.15. The standard InChI is InChI=1S/C22H25F3N8O/c1-12-27-16-4-3-15(29-19(16)32(12)11-22(23,24)25)14-7-10-33-17(14)18(26)30-20(31-33)28-13-5-8-21(2,34)9-6-13/h3-4,7,10,13,34H,5-6,8-9,11H2,1-2H3,(H3,26,28,30,31). The van der Waals surface area contributed by atoms with Crippen molar-refractivity contribution < 1.29 is 18.3 Å². The fourth-order valence-corrected chi connectivity index (χ4v) is 4.52. The van der Waals surface area contributed by atoms with Gasteiger partial charge in [-0.05, 0) is 57.7 Å². The van der Waals surface area contributed by atoms with Crippen molar-refractivity contribution >= 4 is 28.4 Å². The Balaban J connectivity index is 1.48. The highest BCUT2D eigenvalue weighted by atomic mass is 19.4. The van der Waals surface area contributed by atoms with Crippen LogP contribution in [0.25, 0.3) is 27.9 Å². The van der Waals surface area contributed by atoms with Gasteiger partial charge in [0.2, 0.25) is 5.95 Å². The summed E-state index contributed by atoms with van der Waals surface area (Å²) in [5.74, 6) is 0.838. The molecule has 4 aromatic rings. The van der Waals surface area contributed by atoms with E-state index >= 15 is 0 Å². The molecule has 5 rings (SSSR count). The monoisotopic (exact) mass is 474 g/mol. The maximum atomic E-state index is 13.1. The predicted molar refractivity (Wildman–Crippen MR) is 121 cm³/mol. The first-order valence-corrected chi connectivity index (χ1v) is 11.0. The van der Waals surface area contributed by atoms with Gasteiger partial charge < -0.3 is 20.7 Å². The van der Waals surface area contributed by atoms with Gasteiger partial charge in [0.25, 0.3) is 0 Å². The van der Waals surface area contributed by atoms with Crippen molar-refractivity contribution in [2.24, 2.45) is 0 Å². The number of pyridine rings is 1. The smallest absolute Gasteiger partial charge is 0.390 e. The highest BCUT2D eigenvalue weighted by Crippen LogP contribution is 2.32. The van der Waals surface area contributed by atoms with Crippen LogP contribution >= 0.6 is 0 Å². The molecule has 4 N–H and O–H groups in total. The Hall–Kier alpha value is -3.41. The van der Waals surface area contributed by atoms with Crippen LogP contribution in [0.15, 0.2) is 24.4 Å². The summed E-state index contributed by atoms with van der Waals surface area (Å²) in [6.45, 7) is 2.20. The predicted octanol–water partition coefficient (Wildman–Crippen LogP) is 3.70. The van der Waals surface area contributed by atoms with E-state index in [-0.39, 0.29) is 23.3 Å². The van der Waals surface area contributed by atoms with Crippen LogP contribution in [-0.4, -0.2) is 52.1 Å². The largest absolute Gasteiger partial charge is 0.406 e. The van der Waals surface area contributed by atoms with Crippen LogP contribution in [0, 0.1) is 6.92 Å². The van der Waals surface area contributed by atoms with Gasteiger partial charge >= 0.3 is 6.18 Å². The lowest BCUT2D eigenvalue weighted by molar-refractivity contribution is -0.140. The molecular weight excluding hydrogens is 449 g/mol. The average Bonchev–Trinajstić information content (AvgIpc) is 3.30. The van der Waals surface area contributed by atoms with Crippen LogP contribution in [-0.2, 0) is 6.54 Å². The van der Waals surface area contributed by atoms with Crippen LogP contribution in [0.5, 0.6) is 0 Å². The van der Waals surface area contributed by atoms with E-state index in [9.17, 15) is 18.3 Å². The van der Waals surface area contributed by atoms with Crippen LogP contribution in [0.4, 0.5) is 24.9 Å². The minimum atomic E-state index is -4.39. The molecule has 1 saturated carbocycles. The maximum Gasteiger partial charge on any atom is 0.406 e. The second-order valence-electron chi connectivity index (χ2n) is 9.16. The van der Waals surface area contributed by atoms with E-state index in [0.29, 0.717) is 41.1 Å². The molecule has 0 amide bonds. The summed E-state index contributed by atoms with van der Waals surface area (Å²) in [6, 6.07) is 5.23. The average molecular weight is 474 g/mol. The number of imidazole rings is 1. The van der Waals surface area contributed by atoms with Crippen molar-refractivity contribution in [2.75, 3.05) is 11.1 Å². The van der Waals surface area contributed by atoms with Crippen molar-refractivity contribution in [3.63, 3.8) is 0 Å². The molecule has 0 aromatic carbocycles. The number of anilines is 2. The summed E-state index contributed by atoms with van der Waals surface area (Å²) < 4.78 is 41.9. The SMILES string of the molecule is Cc1nc2ccc(-c3ccn4nc(NC5CCC(C)(O)CC5)nc(N)c34)nc2n1CC(F)(F)F. The molecule has 4 aromatic heterocycles. The van der Waals surface area contributed by atoms with Crippen molar-refractivity contribution in [1.29, 1.82) is 0 Å². The number of fused-ring (bicyclic) bond motifs is 2. The molecule has 0 aliphatic heterocycles. The molecule has 0 spiro atoms. The number of nitrogens with zero attached hydrogens (tertiary/aromatic N) is 6. The van der Waals surface area contributed by atoms with Gasteiger partial charge in [-0.1, -0.05) is 0 Å². The van der Waals surface area contributed by atoms with Crippen molar-refractivity contribution in [3.8, 4) is 11.3 Å². The second kappa shape index (κ2) is 7.83. The van der Waals surface area contributed by atoms with E-state index in [1.165, 1.54) is 6.92 Å². The van der Waals surface area contributed by atoms with E-state index < -0.39 is 18.3 Å². The van der Waals surface area contributed by atoms with E-state index in [0.717, 1.165) is 17.4 Å². The van der Waals surface area contributed by atoms with Gasteiger partial charge in [0.1, 0.15) is 23.4 Å². The number of aryl methyl sites for hydroxylation is 1. The number of nitrogens with one attached hydrogen (secondary N) is 1. The van der Waals surface area contributed by atoms with E-state index in [4.69, 9.17) is 5.73 Å². The summed E-state index contributed by atoms with van der Waals surface area (Å²) in [6.07, 6.45) is 0.280. The summed E-state index contributed by atoms with van der Waals surface area (Å²) >= 11 is 0. The van der Waals surface area contributed by atoms with Crippen LogP contribution < -0.4 is 11.1 Å². The third-order valence-electron chi connectivity index (χ3n) is 6.33. The Labute approximate surface area is 192 Å². The molecule has 1 aliphatic rings. The molecule has 9 nitrogen and oxygen atoms in total. The molecule has 4 heterocycles. The quantitative estimate of drug-likeness (QED) is 0.413. The highest BCUT2D eigenvalue weighted by molar-refractivity contribution is 5.88. The first-order chi connectivity index (χ1) is 16.0. The number of aromatic nitrogens is 6. The van der Waals surface area contributed by atoms with Gasteiger partial charge in [0.15, 0.2) is 11.5 Å². The first kappa shape index (κ1) is 22.4. The lowest BCUT2D eigenvalue weighted by atomic mass is 9.84. The molecule has 0 saturated heterocycles. The number of hydrogen-bond donors (Lipinski definition) is 3. The molecule has 0 radical (unpaired) electrons. The Morgan fingerprint density at radius 1 is 1.18 bits per heavy atom. The fraction of sp³-hybridized carbons (Fsp3) is 0.455. The molecule has 12 heteroatoms. The topological polar surface area (TPSA) is 119 Å². The van der Waals surface area contributed by atoms with E-state index in [2.05, 4.69) is 25.4 Å². The lowest BCUT2D eigenvalue weighted by Crippen LogP contribution is -2.36. The Bertz CT molecular complexity index is 1360. The molecule has 0 atom stereocenters. The minimum Gasteiger partial charge on any atom is -0.390 e. The zero-order chi connectivity index (χ0) is 24.3. The summed E-state index contributed by atoms with van der Waals surface area (Å²) in [4.78, 5) is 13.1. The van der Waals surface area contributed by atoms with Gasteiger partial charge in [-0.3, -0.25) is 0 Å². The van der Waals surface area contributed by atoms with Crippen LogP contribution in [0.1, 0.15) is 38.4 Å². The third kappa shape index (κ3) is 4.25.